The summed E-state index contributed by atoms with van der Waals surface area (Å²) < 4.78 is 0. The first kappa shape index (κ1) is 9.47. The lowest BCUT2D eigenvalue weighted by atomic mass is 9.76. The first-order valence-corrected chi connectivity index (χ1v) is 5.59. The van der Waals surface area contributed by atoms with Crippen LogP contribution in [-0.2, 0) is 0 Å². The molecule has 2 atom stereocenters. The van der Waals surface area contributed by atoms with E-state index in [2.05, 4.69) is 31.0 Å². The van der Waals surface area contributed by atoms with Gasteiger partial charge in [0.15, 0.2) is 0 Å². The van der Waals surface area contributed by atoms with E-state index in [1.807, 2.05) is 0 Å². The number of likely N-dealkylation sites (tertiary alicyclic amines) is 1. The van der Waals surface area contributed by atoms with Crippen molar-refractivity contribution in [2.45, 2.75) is 33.2 Å². The Morgan fingerprint density at radius 3 is 2.92 bits per heavy atom. The highest BCUT2D eigenvalue weighted by molar-refractivity contribution is 4.99. The molecule has 0 saturated carbocycles. The van der Waals surface area contributed by atoms with Gasteiger partial charge in [-0.3, -0.25) is 0 Å². The average molecular weight is 182 g/mol. The van der Waals surface area contributed by atoms with Crippen molar-refractivity contribution in [3.8, 4) is 0 Å². The van der Waals surface area contributed by atoms with Gasteiger partial charge < -0.3 is 10.2 Å². The predicted octanol–water partition coefficient (Wildman–Crippen LogP) is 1.33. The van der Waals surface area contributed by atoms with Crippen LogP contribution in [0.15, 0.2) is 0 Å². The van der Waals surface area contributed by atoms with Crippen molar-refractivity contribution in [3.63, 3.8) is 0 Å². The number of nitrogens with one attached hydrogen (secondary N) is 1. The van der Waals surface area contributed by atoms with Gasteiger partial charge in [0.2, 0.25) is 0 Å². The summed E-state index contributed by atoms with van der Waals surface area (Å²) in [5.74, 6) is 0.876. The molecule has 76 valence electrons. The topological polar surface area (TPSA) is 15.3 Å². The minimum absolute atomic E-state index is 0.512. The van der Waals surface area contributed by atoms with Gasteiger partial charge in [-0.2, -0.15) is 0 Å². The molecule has 0 bridgehead atoms. The van der Waals surface area contributed by atoms with E-state index in [0.29, 0.717) is 5.41 Å². The van der Waals surface area contributed by atoms with Crippen LogP contribution >= 0.6 is 0 Å². The Labute approximate surface area is 81.7 Å². The van der Waals surface area contributed by atoms with Crippen molar-refractivity contribution in [2.75, 3.05) is 26.2 Å². The van der Waals surface area contributed by atoms with Gasteiger partial charge in [-0.1, -0.05) is 20.8 Å². The monoisotopic (exact) mass is 182 g/mol. The van der Waals surface area contributed by atoms with Gasteiger partial charge in [0.1, 0.15) is 0 Å². The van der Waals surface area contributed by atoms with E-state index in [4.69, 9.17) is 0 Å². The Kier molecular flexibility index (Phi) is 2.37. The summed E-state index contributed by atoms with van der Waals surface area (Å²) in [7, 11) is 0. The molecule has 2 saturated heterocycles. The fraction of sp³-hybridized carbons (Fsp3) is 1.00. The average Bonchev–Trinajstić information content (AvgIpc) is 2.42. The Morgan fingerprint density at radius 2 is 2.23 bits per heavy atom. The highest BCUT2D eigenvalue weighted by atomic mass is 15.2. The van der Waals surface area contributed by atoms with Gasteiger partial charge >= 0.3 is 0 Å². The third kappa shape index (κ3) is 1.62. The molecule has 0 aliphatic carbocycles. The molecule has 2 heteroatoms. The Morgan fingerprint density at radius 1 is 1.46 bits per heavy atom. The summed E-state index contributed by atoms with van der Waals surface area (Å²) in [4.78, 5) is 2.59. The largest absolute Gasteiger partial charge is 0.313 e. The molecule has 2 aliphatic heterocycles. The maximum Gasteiger partial charge on any atom is 0.0125 e. The normalized spacial score (nSPS) is 39.0. The molecular weight excluding hydrogens is 160 g/mol. The Bertz CT molecular complexity index is 189. The van der Waals surface area contributed by atoms with Crippen LogP contribution < -0.4 is 5.32 Å². The lowest BCUT2D eigenvalue weighted by molar-refractivity contribution is 0.116. The quantitative estimate of drug-likeness (QED) is 0.658. The molecule has 0 aromatic carbocycles. The van der Waals surface area contributed by atoms with Gasteiger partial charge in [0.05, 0.1) is 0 Å². The molecule has 2 heterocycles. The van der Waals surface area contributed by atoms with Crippen LogP contribution in [0.1, 0.15) is 27.2 Å². The van der Waals surface area contributed by atoms with E-state index >= 15 is 0 Å². The van der Waals surface area contributed by atoms with Crippen LogP contribution in [0.2, 0.25) is 0 Å². The molecule has 0 amide bonds. The van der Waals surface area contributed by atoms with Gasteiger partial charge in [-0.05, 0) is 30.8 Å². The fourth-order valence-electron chi connectivity index (χ4n) is 2.87. The van der Waals surface area contributed by atoms with Gasteiger partial charge in [-0.25, -0.2) is 0 Å². The zero-order valence-corrected chi connectivity index (χ0v) is 9.14. The summed E-state index contributed by atoms with van der Waals surface area (Å²) in [6.45, 7) is 12.1. The number of hydrogen-bond donors (Lipinski definition) is 1. The molecule has 2 nitrogen and oxygen atoms in total. The van der Waals surface area contributed by atoms with E-state index in [1.165, 1.54) is 32.6 Å². The zero-order valence-electron chi connectivity index (χ0n) is 9.14. The Hall–Kier alpha value is -0.0800. The maximum absolute atomic E-state index is 3.67. The van der Waals surface area contributed by atoms with Crippen molar-refractivity contribution in [1.82, 2.24) is 10.2 Å². The smallest absolute Gasteiger partial charge is 0.0125 e. The molecule has 2 unspecified atom stereocenters. The van der Waals surface area contributed by atoms with Crippen LogP contribution in [0.4, 0.5) is 0 Å². The van der Waals surface area contributed by atoms with Crippen LogP contribution in [0.5, 0.6) is 0 Å². The van der Waals surface area contributed by atoms with Gasteiger partial charge in [0.25, 0.3) is 0 Å². The van der Waals surface area contributed by atoms with Crippen LogP contribution in [0.25, 0.3) is 0 Å². The molecule has 0 aromatic heterocycles. The molecule has 1 N–H and O–H groups in total. The van der Waals surface area contributed by atoms with E-state index in [1.54, 1.807) is 0 Å². The minimum atomic E-state index is 0.512. The molecule has 0 radical (unpaired) electrons. The van der Waals surface area contributed by atoms with Crippen molar-refractivity contribution in [2.24, 2.45) is 11.3 Å². The third-order valence-electron chi connectivity index (χ3n) is 3.97. The van der Waals surface area contributed by atoms with Crippen LogP contribution in [0, 0.1) is 11.3 Å². The molecule has 0 aromatic rings. The standard InChI is InChI=1S/C11H22N2/c1-4-13-6-5-10-9(7-13)11(2,3)8-12-10/h9-10,12H,4-8H2,1-3H3. The first-order valence-electron chi connectivity index (χ1n) is 5.59. The Balaban J connectivity index is 2.05. The summed E-state index contributed by atoms with van der Waals surface area (Å²) in [5.41, 5.74) is 0.512. The van der Waals surface area contributed by atoms with Gasteiger partial charge in [0, 0.05) is 19.1 Å². The highest BCUT2D eigenvalue weighted by Crippen LogP contribution is 2.38. The van der Waals surface area contributed by atoms with E-state index in [0.717, 1.165) is 12.0 Å². The number of hydrogen-bond acceptors (Lipinski definition) is 2. The highest BCUT2D eigenvalue weighted by Gasteiger charge is 2.43. The summed E-state index contributed by atoms with van der Waals surface area (Å²) >= 11 is 0. The van der Waals surface area contributed by atoms with Crippen molar-refractivity contribution >= 4 is 0 Å². The minimum Gasteiger partial charge on any atom is -0.313 e. The molecule has 0 spiro atoms. The summed E-state index contributed by atoms with van der Waals surface area (Å²) in [6, 6.07) is 0.804. The number of fused-ring (bicyclic) bond motifs is 1. The SMILES string of the molecule is CCN1CCC2NCC(C)(C)C2C1. The fourth-order valence-corrected chi connectivity index (χ4v) is 2.87. The maximum atomic E-state index is 3.67. The lowest BCUT2D eigenvalue weighted by Gasteiger charge is -2.39. The molecule has 13 heavy (non-hydrogen) atoms. The van der Waals surface area contributed by atoms with Crippen molar-refractivity contribution in [3.05, 3.63) is 0 Å². The van der Waals surface area contributed by atoms with E-state index in [9.17, 15) is 0 Å². The molecule has 2 fully saturated rings. The predicted molar refractivity (Wildman–Crippen MR) is 55.8 cm³/mol. The van der Waals surface area contributed by atoms with Crippen molar-refractivity contribution in [1.29, 1.82) is 0 Å². The molecular formula is C11H22N2. The van der Waals surface area contributed by atoms with E-state index < -0.39 is 0 Å². The number of piperidine rings is 1. The zero-order chi connectivity index (χ0) is 9.47. The molecule has 2 aliphatic rings. The van der Waals surface area contributed by atoms with Crippen LogP contribution in [-0.4, -0.2) is 37.1 Å². The second-order valence-corrected chi connectivity index (χ2v) is 5.26. The summed E-state index contributed by atoms with van der Waals surface area (Å²) in [6.07, 6.45) is 1.35. The van der Waals surface area contributed by atoms with Crippen molar-refractivity contribution < 1.29 is 0 Å². The van der Waals surface area contributed by atoms with Crippen LogP contribution in [0.3, 0.4) is 0 Å². The van der Waals surface area contributed by atoms with Gasteiger partial charge in [-0.15, -0.1) is 0 Å². The second kappa shape index (κ2) is 3.25. The number of rotatable bonds is 1. The first-order chi connectivity index (χ1) is 6.13. The number of nitrogens with zero attached hydrogens (tertiary/aromatic N) is 1. The molecule has 2 rings (SSSR count). The lowest BCUT2D eigenvalue weighted by Crippen LogP contribution is -2.46. The second-order valence-electron chi connectivity index (χ2n) is 5.26. The van der Waals surface area contributed by atoms with E-state index in [-0.39, 0.29) is 0 Å². The summed E-state index contributed by atoms with van der Waals surface area (Å²) in [5, 5.41) is 3.67. The third-order valence-corrected chi connectivity index (χ3v) is 3.97.